The molecule has 0 aliphatic carbocycles. The van der Waals surface area contributed by atoms with Crippen LogP contribution in [-0.4, -0.2) is 18.3 Å². The topological polar surface area (TPSA) is 32.3 Å². The summed E-state index contributed by atoms with van der Waals surface area (Å²) in [6.07, 6.45) is 3.84. The van der Waals surface area contributed by atoms with Crippen LogP contribution in [0.1, 0.15) is 20.8 Å². The zero-order valence-corrected chi connectivity index (χ0v) is 8.95. The maximum Gasteiger partial charge on any atom is 0.0565 e. The molecule has 72 valence electrons. The molecule has 2 nitrogen and oxygen atoms in total. The van der Waals surface area contributed by atoms with Gasteiger partial charge in [-0.05, 0) is 18.9 Å². The molecule has 3 heteroatoms. The van der Waals surface area contributed by atoms with Gasteiger partial charge in [-0.25, -0.2) is 0 Å². The molecule has 0 unspecified atom stereocenters. The molecule has 0 atom stereocenters. The minimum Gasteiger partial charge on any atom is -0.395 e. The first-order valence-electron chi connectivity index (χ1n) is 4.13. The monoisotopic (exact) mass is 189 g/mol. The molecule has 0 amide bonds. The Morgan fingerprint density at radius 3 is 2.58 bits per heavy atom. The van der Waals surface area contributed by atoms with Crippen molar-refractivity contribution >= 4 is 11.9 Å². The third-order valence-corrected chi connectivity index (χ3v) is 1.52. The van der Waals surface area contributed by atoms with Crippen LogP contribution in [0.4, 0.5) is 0 Å². The Morgan fingerprint density at radius 1 is 1.58 bits per heavy atom. The van der Waals surface area contributed by atoms with Crippen molar-refractivity contribution in [2.45, 2.75) is 20.8 Å². The largest absolute Gasteiger partial charge is 0.395 e. The molecule has 0 aromatic heterocycles. The van der Waals surface area contributed by atoms with Crippen molar-refractivity contribution in [3.8, 4) is 0 Å². The van der Waals surface area contributed by atoms with Gasteiger partial charge in [-0.3, -0.25) is 4.72 Å². The quantitative estimate of drug-likeness (QED) is 0.395. The van der Waals surface area contributed by atoms with Gasteiger partial charge in [0.05, 0.1) is 6.61 Å². The summed E-state index contributed by atoms with van der Waals surface area (Å²) in [6.45, 7) is 10.5. The third kappa shape index (κ3) is 12.4. The van der Waals surface area contributed by atoms with E-state index in [1.807, 2.05) is 32.9 Å². The van der Waals surface area contributed by atoms with Gasteiger partial charge < -0.3 is 5.11 Å². The van der Waals surface area contributed by atoms with Gasteiger partial charge in [0, 0.05) is 11.4 Å². The fourth-order valence-corrected chi connectivity index (χ4v) is 0.992. The minimum absolute atomic E-state index is 0.163. The standard InChI is InChI=1S/C7H13NOS.C2H6/c1-3-4-7(2)10-8-5-6-9;1-2/h3-4,8-9H,2,5-6H2,1H3;1-2H3/b4-3-;. The fraction of sp³-hybridized carbons (Fsp3) is 0.556. The first-order valence-corrected chi connectivity index (χ1v) is 4.95. The second-order valence-electron chi connectivity index (χ2n) is 1.69. The molecule has 0 heterocycles. The number of rotatable bonds is 5. The SMILES string of the molecule is C=C(/C=C\C)SNCCO.CC. The van der Waals surface area contributed by atoms with Crippen LogP contribution >= 0.6 is 11.9 Å². The maximum atomic E-state index is 8.39. The molecule has 2 N–H and O–H groups in total. The summed E-state index contributed by atoms with van der Waals surface area (Å²) in [6, 6.07) is 0. The fourth-order valence-electron chi connectivity index (χ4n) is 0.409. The van der Waals surface area contributed by atoms with Gasteiger partial charge in [-0.15, -0.1) is 0 Å². The van der Waals surface area contributed by atoms with Crippen LogP contribution in [0.25, 0.3) is 0 Å². The summed E-state index contributed by atoms with van der Waals surface area (Å²) in [5.74, 6) is 0. The number of aliphatic hydroxyl groups excluding tert-OH is 1. The van der Waals surface area contributed by atoms with Crippen molar-refractivity contribution in [2.75, 3.05) is 13.2 Å². The number of hydrogen-bond donors (Lipinski definition) is 2. The average Bonchev–Trinajstić information content (AvgIpc) is 2.09. The lowest BCUT2D eigenvalue weighted by Gasteiger charge is -1.99. The smallest absolute Gasteiger partial charge is 0.0565 e. The molecule has 0 saturated heterocycles. The summed E-state index contributed by atoms with van der Waals surface area (Å²) >= 11 is 1.43. The van der Waals surface area contributed by atoms with Crippen LogP contribution in [0.2, 0.25) is 0 Å². The van der Waals surface area contributed by atoms with Crippen molar-refractivity contribution in [1.29, 1.82) is 0 Å². The Balaban J connectivity index is 0. The normalized spacial score (nSPS) is 9.33. The number of allylic oxidation sites excluding steroid dienone is 2. The predicted octanol–water partition coefficient (Wildman–Crippen LogP) is 2.33. The van der Waals surface area contributed by atoms with Crippen molar-refractivity contribution in [1.82, 2.24) is 4.72 Å². The van der Waals surface area contributed by atoms with E-state index in [9.17, 15) is 0 Å². The lowest BCUT2D eigenvalue weighted by atomic mass is 10.5. The predicted molar refractivity (Wildman–Crippen MR) is 58.0 cm³/mol. The third-order valence-electron chi connectivity index (χ3n) is 0.770. The Hall–Kier alpha value is -0.250. The van der Waals surface area contributed by atoms with E-state index in [2.05, 4.69) is 11.3 Å². The highest BCUT2D eigenvalue weighted by molar-refractivity contribution is 8.01. The Labute approximate surface area is 79.9 Å². The molecule has 0 fully saturated rings. The van der Waals surface area contributed by atoms with Gasteiger partial charge in [0.15, 0.2) is 0 Å². The molecule has 0 rings (SSSR count). The molecule has 0 bridgehead atoms. The highest BCUT2D eigenvalue weighted by atomic mass is 32.2. The van der Waals surface area contributed by atoms with Gasteiger partial charge >= 0.3 is 0 Å². The molecule has 0 aliphatic heterocycles. The maximum absolute atomic E-state index is 8.39. The molecule has 0 radical (unpaired) electrons. The van der Waals surface area contributed by atoms with E-state index in [0.717, 1.165) is 4.91 Å². The van der Waals surface area contributed by atoms with Crippen molar-refractivity contribution in [3.63, 3.8) is 0 Å². The highest BCUT2D eigenvalue weighted by Gasteiger charge is 1.86. The van der Waals surface area contributed by atoms with Gasteiger partial charge in [-0.1, -0.05) is 32.6 Å². The summed E-state index contributed by atoms with van der Waals surface area (Å²) in [5, 5.41) is 8.39. The van der Waals surface area contributed by atoms with E-state index in [1.54, 1.807) is 0 Å². The second kappa shape index (κ2) is 13.3. The van der Waals surface area contributed by atoms with Crippen molar-refractivity contribution in [2.24, 2.45) is 0 Å². The summed E-state index contributed by atoms with van der Waals surface area (Å²) in [4.78, 5) is 0.955. The van der Waals surface area contributed by atoms with Crippen LogP contribution in [0.5, 0.6) is 0 Å². The lowest BCUT2D eigenvalue weighted by molar-refractivity contribution is 0.302. The van der Waals surface area contributed by atoms with E-state index in [1.165, 1.54) is 11.9 Å². The van der Waals surface area contributed by atoms with Crippen LogP contribution in [0, 0.1) is 0 Å². The van der Waals surface area contributed by atoms with Gasteiger partial charge in [-0.2, -0.15) is 0 Å². The zero-order valence-electron chi connectivity index (χ0n) is 8.13. The lowest BCUT2D eigenvalue weighted by Crippen LogP contribution is -2.08. The minimum atomic E-state index is 0.163. The van der Waals surface area contributed by atoms with Crippen LogP contribution in [0.3, 0.4) is 0 Å². The highest BCUT2D eigenvalue weighted by Crippen LogP contribution is 2.08. The average molecular weight is 189 g/mol. The van der Waals surface area contributed by atoms with Crippen LogP contribution in [-0.2, 0) is 0 Å². The number of aliphatic hydroxyl groups is 1. The van der Waals surface area contributed by atoms with Gasteiger partial charge in [0.1, 0.15) is 0 Å². The molecular formula is C9H19NOS. The molecule has 0 saturated carbocycles. The summed E-state index contributed by atoms with van der Waals surface area (Å²) in [5.41, 5.74) is 0. The van der Waals surface area contributed by atoms with Crippen LogP contribution in [0.15, 0.2) is 23.6 Å². The second-order valence-corrected chi connectivity index (χ2v) is 2.70. The first-order chi connectivity index (χ1) is 5.81. The number of nitrogens with one attached hydrogen (secondary N) is 1. The Kier molecular flexibility index (Phi) is 15.9. The summed E-state index contributed by atoms with van der Waals surface area (Å²) < 4.78 is 2.94. The summed E-state index contributed by atoms with van der Waals surface area (Å²) in [7, 11) is 0. The Bertz CT molecular complexity index is 124. The van der Waals surface area contributed by atoms with E-state index < -0.39 is 0 Å². The molecule has 0 aromatic rings. The number of hydrogen-bond acceptors (Lipinski definition) is 3. The first kappa shape index (κ1) is 14.3. The molecule has 0 spiro atoms. The van der Waals surface area contributed by atoms with E-state index >= 15 is 0 Å². The van der Waals surface area contributed by atoms with E-state index in [0.29, 0.717) is 6.54 Å². The zero-order chi connectivity index (χ0) is 9.82. The van der Waals surface area contributed by atoms with Gasteiger partial charge in [0.25, 0.3) is 0 Å². The van der Waals surface area contributed by atoms with Crippen LogP contribution < -0.4 is 4.72 Å². The Morgan fingerprint density at radius 2 is 2.17 bits per heavy atom. The molecule has 0 aliphatic rings. The van der Waals surface area contributed by atoms with E-state index in [-0.39, 0.29) is 6.61 Å². The molecule has 12 heavy (non-hydrogen) atoms. The van der Waals surface area contributed by atoms with Gasteiger partial charge in [0.2, 0.25) is 0 Å². The van der Waals surface area contributed by atoms with Crippen molar-refractivity contribution < 1.29 is 5.11 Å². The molecule has 0 aromatic carbocycles. The van der Waals surface area contributed by atoms with E-state index in [4.69, 9.17) is 5.11 Å². The molecular weight excluding hydrogens is 170 g/mol. The van der Waals surface area contributed by atoms with Crippen molar-refractivity contribution in [3.05, 3.63) is 23.6 Å².